The third-order valence-electron chi connectivity index (χ3n) is 7.59. The van der Waals surface area contributed by atoms with Crippen LogP contribution in [0.3, 0.4) is 0 Å². The molecule has 0 bridgehead atoms. The highest BCUT2D eigenvalue weighted by Gasteiger charge is 2.65. The average Bonchev–Trinajstić information content (AvgIpc) is 3.27. The summed E-state index contributed by atoms with van der Waals surface area (Å²) in [5, 5.41) is 11.4. The van der Waals surface area contributed by atoms with Crippen LogP contribution >= 0.6 is 0 Å². The summed E-state index contributed by atoms with van der Waals surface area (Å²) in [6.07, 6.45) is 8.50. The van der Waals surface area contributed by atoms with Gasteiger partial charge in [-0.05, 0) is 69.9 Å². The van der Waals surface area contributed by atoms with Gasteiger partial charge in [0.1, 0.15) is 6.61 Å². The zero-order valence-corrected chi connectivity index (χ0v) is 17.3. The van der Waals surface area contributed by atoms with Gasteiger partial charge >= 0.3 is 5.97 Å². The minimum Gasteiger partial charge on any atom is -0.462 e. The van der Waals surface area contributed by atoms with Crippen molar-refractivity contribution in [2.24, 2.45) is 17.3 Å². The Morgan fingerprint density at radius 3 is 2.68 bits per heavy atom. The first kappa shape index (κ1) is 20.1. The maximum atomic E-state index is 11.4. The van der Waals surface area contributed by atoms with E-state index < -0.39 is 16.8 Å². The number of aliphatic hydroxyl groups is 1. The van der Waals surface area contributed by atoms with Gasteiger partial charge in [0.15, 0.2) is 5.60 Å². The van der Waals surface area contributed by atoms with Crippen molar-refractivity contribution in [2.75, 3.05) is 6.61 Å². The molecule has 2 saturated carbocycles. The van der Waals surface area contributed by atoms with Crippen LogP contribution in [0.4, 0.5) is 0 Å². The van der Waals surface area contributed by atoms with Gasteiger partial charge in [-0.1, -0.05) is 19.1 Å². The number of ether oxygens (including phenoxy) is 2. The van der Waals surface area contributed by atoms with Crippen molar-refractivity contribution in [3.05, 3.63) is 24.3 Å². The number of fused-ring (bicyclic) bond motifs is 2. The first-order valence-corrected chi connectivity index (χ1v) is 10.3. The van der Waals surface area contributed by atoms with E-state index in [1.165, 1.54) is 12.5 Å². The van der Waals surface area contributed by atoms with Gasteiger partial charge in [0.2, 0.25) is 5.79 Å². The minimum atomic E-state index is -1.52. The second kappa shape index (κ2) is 6.39. The van der Waals surface area contributed by atoms with E-state index in [1.807, 2.05) is 0 Å². The van der Waals surface area contributed by atoms with Crippen molar-refractivity contribution in [3.63, 3.8) is 0 Å². The fraction of sp³-hybridized carbons (Fsp3) is 0.773. The minimum absolute atomic E-state index is 0.0311. The van der Waals surface area contributed by atoms with Crippen LogP contribution in [0.25, 0.3) is 0 Å². The third-order valence-corrected chi connectivity index (χ3v) is 7.59. The van der Waals surface area contributed by atoms with Crippen molar-refractivity contribution < 1.29 is 29.1 Å². The van der Waals surface area contributed by atoms with Gasteiger partial charge in [-0.25, -0.2) is 4.89 Å². The van der Waals surface area contributed by atoms with E-state index in [2.05, 4.69) is 20.4 Å². The smallest absolute Gasteiger partial charge is 0.302 e. The van der Waals surface area contributed by atoms with E-state index in [4.69, 9.17) is 19.2 Å². The number of hydrogen-bond acceptors (Lipinski definition) is 6. The van der Waals surface area contributed by atoms with Crippen molar-refractivity contribution in [1.29, 1.82) is 0 Å². The topological polar surface area (TPSA) is 77.5 Å². The molecule has 156 valence electrons. The highest BCUT2D eigenvalue weighted by Crippen LogP contribution is 2.64. The van der Waals surface area contributed by atoms with Crippen LogP contribution in [0.1, 0.15) is 59.8 Å². The Morgan fingerprint density at radius 2 is 2.04 bits per heavy atom. The van der Waals surface area contributed by atoms with Crippen LogP contribution in [-0.2, 0) is 24.0 Å². The molecule has 0 amide bonds. The Balaban J connectivity index is 1.52. The van der Waals surface area contributed by atoms with E-state index in [0.717, 1.165) is 32.1 Å². The molecule has 4 rings (SSSR count). The van der Waals surface area contributed by atoms with Gasteiger partial charge < -0.3 is 14.6 Å². The SMILES string of the molecule is C=C1CC[C@H]2O[C@@]2(C)CC[C@H]2[C@H]1C[C@]2(C)[C@@]1(O)C=C[C@](C)(COC(C)=O)OO1. The largest absolute Gasteiger partial charge is 0.462 e. The van der Waals surface area contributed by atoms with Crippen molar-refractivity contribution in [2.45, 2.75) is 82.9 Å². The summed E-state index contributed by atoms with van der Waals surface area (Å²) in [5.74, 6) is -1.27. The Kier molecular flexibility index (Phi) is 4.58. The van der Waals surface area contributed by atoms with E-state index >= 15 is 0 Å². The molecule has 0 spiro atoms. The van der Waals surface area contributed by atoms with Gasteiger partial charge in [-0.2, -0.15) is 4.89 Å². The summed E-state index contributed by atoms with van der Waals surface area (Å²) in [6, 6.07) is 0. The van der Waals surface area contributed by atoms with E-state index in [1.54, 1.807) is 19.1 Å². The molecule has 1 N–H and O–H groups in total. The number of hydrogen-bond donors (Lipinski definition) is 1. The molecule has 1 saturated heterocycles. The van der Waals surface area contributed by atoms with Gasteiger partial charge in [-0.3, -0.25) is 4.79 Å². The molecule has 6 nitrogen and oxygen atoms in total. The molecular weight excluding hydrogens is 360 g/mol. The molecule has 0 aromatic carbocycles. The molecule has 0 aromatic rings. The lowest BCUT2D eigenvalue weighted by atomic mass is 9.48. The summed E-state index contributed by atoms with van der Waals surface area (Å²) < 4.78 is 11.0. The van der Waals surface area contributed by atoms with E-state index in [-0.39, 0.29) is 24.1 Å². The normalized spacial score (nSPS) is 50.3. The van der Waals surface area contributed by atoms with Crippen LogP contribution in [0, 0.1) is 17.3 Å². The molecule has 0 unspecified atom stereocenters. The van der Waals surface area contributed by atoms with Crippen LogP contribution in [-0.4, -0.2) is 40.8 Å². The first-order valence-electron chi connectivity index (χ1n) is 10.3. The third kappa shape index (κ3) is 3.15. The van der Waals surface area contributed by atoms with Gasteiger partial charge in [0.05, 0.1) is 11.7 Å². The summed E-state index contributed by atoms with van der Waals surface area (Å²) in [7, 11) is 0. The highest BCUT2D eigenvalue weighted by molar-refractivity contribution is 5.66. The zero-order chi connectivity index (χ0) is 20.4. The number of carbonyl (C=O) groups excluding carboxylic acids is 1. The second-order valence-corrected chi connectivity index (χ2v) is 9.78. The lowest BCUT2D eigenvalue weighted by molar-refractivity contribution is -0.480. The Hall–Kier alpha value is -1.21. The molecular formula is C22H32O6. The Morgan fingerprint density at radius 1 is 1.29 bits per heavy atom. The summed E-state index contributed by atoms with van der Waals surface area (Å²) >= 11 is 0. The standard InChI is InChI=1S/C22H32O6/c1-14-6-7-18-21(5,26-18)9-8-17-16(14)12-20(17,4)22(24)11-10-19(3,27-28-22)13-25-15(2)23/h10-11,16-18,24H,1,6-9,12-13H2,2-5H3/t16-,17-,18+,19+,20-,21-,22+/m0/s1. The zero-order valence-electron chi connectivity index (χ0n) is 17.3. The van der Waals surface area contributed by atoms with E-state index in [0.29, 0.717) is 12.0 Å². The molecule has 2 aliphatic carbocycles. The lowest BCUT2D eigenvalue weighted by Crippen LogP contribution is -2.63. The first-order chi connectivity index (χ1) is 13.0. The van der Waals surface area contributed by atoms with Crippen molar-refractivity contribution in [1.82, 2.24) is 0 Å². The van der Waals surface area contributed by atoms with Crippen molar-refractivity contribution >= 4 is 5.97 Å². The number of carbonyl (C=O) groups is 1. The summed E-state index contributed by atoms with van der Waals surface area (Å²) in [6.45, 7) is 11.7. The molecule has 4 aliphatic rings. The number of allylic oxidation sites excluding steroid dienone is 1. The van der Waals surface area contributed by atoms with Gasteiger partial charge in [-0.15, -0.1) is 0 Å². The van der Waals surface area contributed by atoms with Crippen LogP contribution in [0.15, 0.2) is 24.3 Å². The number of esters is 1. The number of epoxide rings is 1. The van der Waals surface area contributed by atoms with Crippen LogP contribution in [0.2, 0.25) is 0 Å². The maximum Gasteiger partial charge on any atom is 0.302 e. The Bertz CT molecular complexity index is 718. The molecule has 7 atom stereocenters. The van der Waals surface area contributed by atoms with Gasteiger partial charge in [0.25, 0.3) is 0 Å². The molecule has 6 heteroatoms. The highest BCUT2D eigenvalue weighted by atomic mass is 17.2. The molecule has 28 heavy (non-hydrogen) atoms. The second-order valence-electron chi connectivity index (χ2n) is 9.78. The van der Waals surface area contributed by atoms with Crippen molar-refractivity contribution in [3.8, 4) is 0 Å². The fourth-order valence-corrected chi connectivity index (χ4v) is 5.32. The molecule has 2 heterocycles. The monoisotopic (exact) mass is 392 g/mol. The van der Waals surface area contributed by atoms with E-state index in [9.17, 15) is 9.90 Å². The molecule has 2 aliphatic heterocycles. The maximum absolute atomic E-state index is 11.4. The molecule has 0 aromatic heterocycles. The fourth-order valence-electron chi connectivity index (χ4n) is 5.32. The van der Waals surface area contributed by atoms with Gasteiger partial charge in [0, 0.05) is 12.3 Å². The summed E-state index contributed by atoms with van der Waals surface area (Å²) in [4.78, 5) is 22.2. The van der Waals surface area contributed by atoms with Crippen LogP contribution < -0.4 is 0 Å². The Labute approximate surface area is 166 Å². The quantitative estimate of drug-likeness (QED) is 0.343. The summed E-state index contributed by atoms with van der Waals surface area (Å²) in [5.41, 5.74) is -0.171. The van der Waals surface area contributed by atoms with Crippen LogP contribution in [0.5, 0.6) is 0 Å². The predicted octanol–water partition coefficient (Wildman–Crippen LogP) is 3.44. The molecule has 3 fully saturated rings. The lowest BCUT2D eigenvalue weighted by Gasteiger charge is -2.60. The average molecular weight is 392 g/mol. The molecule has 0 radical (unpaired) electrons. The predicted molar refractivity (Wildman–Crippen MR) is 102 cm³/mol. The number of rotatable bonds is 3.